The van der Waals surface area contributed by atoms with Gasteiger partial charge in [0.1, 0.15) is 0 Å². The van der Waals surface area contributed by atoms with E-state index >= 15 is 0 Å². The first-order valence-electron chi connectivity index (χ1n) is 11.2. The van der Waals surface area contributed by atoms with Gasteiger partial charge in [0.05, 0.1) is 16.0 Å². The first-order valence-corrected chi connectivity index (χ1v) is 13.4. The molecule has 1 aromatic heterocycles. The number of fused-ring (bicyclic) bond motifs is 1. The molecule has 1 N–H and O–H groups in total. The number of carbonyl (C=O) groups is 2. The second-order valence-electron chi connectivity index (χ2n) is 8.12. The lowest BCUT2D eigenvalue weighted by Crippen LogP contribution is -2.48. The summed E-state index contributed by atoms with van der Waals surface area (Å²) in [6.07, 6.45) is 0. The first-order chi connectivity index (χ1) is 17.0. The summed E-state index contributed by atoms with van der Waals surface area (Å²) < 4.78 is 2.02. The van der Waals surface area contributed by atoms with Gasteiger partial charge in [0.15, 0.2) is 4.34 Å². The monoisotopic (exact) mass is 522 g/mol. The highest BCUT2D eigenvalue weighted by molar-refractivity contribution is 8.01. The number of thiazole rings is 1. The fourth-order valence-corrected chi connectivity index (χ4v) is 5.93. The number of para-hydroxylation sites is 1. The van der Waals surface area contributed by atoms with Crippen molar-refractivity contribution in [1.29, 1.82) is 0 Å². The predicted octanol–water partition coefficient (Wildman–Crippen LogP) is 5.64. The van der Waals surface area contributed by atoms with Gasteiger partial charge in [0.25, 0.3) is 5.91 Å². The smallest absolute Gasteiger partial charge is 0.253 e. The normalized spacial score (nSPS) is 13.7. The van der Waals surface area contributed by atoms with E-state index in [9.17, 15) is 9.59 Å². The van der Waals surface area contributed by atoms with Gasteiger partial charge in [-0.15, -0.1) is 11.3 Å². The van der Waals surface area contributed by atoms with E-state index in [4.69, 9.17) is 11.6 Å². The second kappa shape index (κ2) is 10.7. The molecule has 0 radical (unpaired) electrons. The standard InChI is InChI=1S/C26H23ClN4O2S2/c27-19-7-5-18(6-8-19)25(33)31-15-13-30(14-16-31)21-11-9-20(10-12-21)28-24(32)17-34-26-29-22-3-1-2-4-23(22)35-26/h1-12H,13-17H2,(H,28,32). The van der Waals surface area contributed by atoms with Gasteiger partial charge >= 0.3 is 0 Å². The van der Waals surface area contributed by atoms with Gasteiger partial charge < -0.3 is 15.1 Å². The van der Waals surface area contributed by atoms with Crippen molar-refractivity contribution in [2.45, 2.75) is 4.34 Å². The average molecular weight is 523 g/mol. The van der Waals surface area contributed by atoms with Crippen LogP contribution in [0.1, 0.15) is 10.4 Å². The van der Waals surface area contributed by atoms with E-state index in [0.29, 0.717) is 29.4 Å². The Kier molecular flexibility index (Phi) is 7.22. The number of hydrogen-bond donors (Lipinski definition) is 1. The Morgan fingerprint density at radius 1 is 0.943 bits per heavy atom. The van der Waals surface area contributed by atoms with Gasteiger partial charge in [-0.3, -0.25) is 9.59 Å². The van der Waals surface area contributed by atoms with Crippen LogP contribution in [0.2, 0.25) is 5.02 Å². The summed E-state index contributed by atoms with van der Waals surface area (Å²) in [5.74, 6) is 0.282. The number of benzene rings is 3. The SMILES string of the molecule is O=C(CSc1nc2ccccc2s1)Nc1ccc(N2CCN(C(=O)c3ccc(Cl)cc3)CC2)cc1. The molecular weight excluding hydrogens is 500 g/mol. The number of nitrogens with zero attached hydrogens (tertiary/aromatic N) is 3. The van der Waals surface area contributed by atoms with E-state index in [0.717, 1.165) is 39.0 Å². The minimum absolute atomic E-state index is 0.0306. The number of thioether (sulfide) groups is 1. The third-order valence-electron chi connectivity index (χ3n) is 5.78. The molecule has 0 bridgehead atoms. The molecule has 1 aliphatic rings. The lowest BCUT2D eigenvalue weighted by molar-refractivity contribution is -0.113. The van der Waals surface area contributed by atoms with Crippen LogP contribution in [0.15, 0.2) is 77.1 Å². The number of hydrogen-bond acceptors (Lipinski definition) is 6. The Hall–Kier alpha value is -3.07. The van der Waals surface area contributed by atoms with Crippen LogP contribution in [0.25, 0.3) is 10.2 Å². The Labute approximate surface area is 216 Å². The molecule has 0 saturated carbocycles. The molecule has 4 aromatic rings. The topological polar surface area (TPSA) is 65.5 Å². The quantitative estimate of drug-likeness (QED) is 0.332. The molecule has 9 heteroatoms. The van der Waals surface area contributed by atoms with Crippen molar-refractivity contribution in [3.8, 4) is 0 Å². The van der Waals surface area contributed by atoms with Crippen LogP contribution >= 0.6 is 34.7 Å². The third kappa shape index (κ3) is 5.78. The largest absolute Gasteiger partial charge is 0.368 e. The summed E-state index contributed by atoms with van der Waals surface area (Å²) in [6, 6.07) is 22.8. The molecule has 0 unspecified atom stereocenters. The van der Waals surface area contributed by atoms with Crippen LogP contribution in [0.3, 0.4) is 0 Å². The summed E-state index contributed by atoms with van der Waals surface area (Å²) >= 11 is 8.98. The third-order valence-corrected chi connectivity index (χ3v) is 8.21. The van der Waals surface area contributed by atoms with Crippen LogP contribution in [-0.4, -0.2) is 53.6 Å². The van der Waals surface area contributed by atoms with Gasteiger partial charge in [-0.25, -0.2) is 4.98 Å². The summed E-state index contributed by atoms with van der Waals surface area (Å²) in [4.78, 5) is 33.8. The van der Waals surface area contributed by atoms with Gasteiger partial charge in [0.2, 0.25) is 5.91 Å². The molecule has 178 valence electrons. The number of halogens is 1. The number of piperazine rings is 1. The molecule has 6 nitrogen and oxygen atoms in total. The van der Waals surface area contributed by atoms with E-state index in [1.54, 1.807) is 35.6 Å². The van der Waals surface area contributed by atoms with E-state index in [-0.39, 0.29) is 11.8 Å². The lowest BCUT2D eigenvalue weighted by Gasteiger charge is -2.36. The molecule has 35 heavy (non-hydrogen) atoms. The summed E-state index contributed by atoms with van der Waals surface area (Å²) in [6.45, 7) is 2.82. The molecule has 1 aliphatic heterocycles. The van der Waals surface area contributed by atoms with Crippen molar-refractivity contribution in [2.75, 3.05) is 42.1 Å². The molecule has 0 aliphatic carbocycles. The fraction of sp³-hybridized carbons (Fsp3) is 0.192. The Morgan fingerprint density at radius 2 is 1.66 bits per heavy atom. The highest BCUT2D eigenvalue weighted by Crippen LogP contribution is 2.29. The first kappa shape index (κ1) is 23.7. The number of amides is 2. The number of aromatic nitrogens is 1. The molecule has 2 amide bonds. The summed E-state index contributed by atoms with van der Waals surface area (Å²) in [5, 5.41) is 3.58. The molecule has 0 atom stereocenters. The van der Waals surface area contributed by atoms with Crippen molar-refractivity contribution in [3.05, 3.63) is 83.4 Å². The molecule has 3 aromatic carbocycles. The zero-order chi connectivity index (χ0) is 24.2. The number of nitrogens with one attached hydrogen (secondary N) is 1. The Bertz CT molecular complexity index is 1300. The average Bonchev–Trinajstić information content (AvgIpc) is 3.31. The predicted molar refractivity (Wildman–Crippen MR) is 145 cm³/mol. The molecule has 1 fully saturated rings. The molecule has 0 spiro atoms. The van der Waals surface area contributed by atoms with Crippen LogP contribution in [0.5, 0.6) is 0 Å². The lowest BCUT2D eigenvalue weighted by atomic mass is 10.1. The molecular formula is C26H23ClN4O2S2. The zero-order valence-corrected chi connectivity index (χ0v) is 21.2. The number of rotatable bonds is 6. The highest BCUT2D eigenvalue weighted by atomic mass is 35.5. The van der Waals surface area contributed by atoms with Crippen LogP contribution < -0.4 is 10.2 Å². The van der Waals surface area contributed by atoms with Crippen molar-refractivity contribution in [2.24, 2.45) is 0 Å². The minimum atomic E-state index is -0.0590. The van der Waals surface area contributed by atoms with E-state index in [1.165, 1.54) is 11.8 Å². The van der Waals surface area contributed by atoms with Gasteiger partial charge in [0, 0.05) is 48.1 Å². The molecule has 5 rings (SSSR count). The number of carbonyl (C=O) groups excluding carboxylic acids is 2. The van der Waals surface area contributed by atoms with Gasteiger partial charge in [-0.2, -0.15) is 0 Å². The van der Waals surface area contributed by atoms with Crippen LogP contribution in [-0.2, 0) is 4.79 Å². The highest BCUT2D eigenvalue weighted by Gasteiger charge is 2.22. The van der Waals surface area contributed by atoms with Crippen molar-refractivity contribution >= 4 is 68.1 Å². The van der Waals surface area contributed by atoms with Crippen LogP contribution in [0.4, 0.5) is 11.4 Å². The Morgan fingerprint density at radius 3 is 2.37 bits per heavy atom. The Balaban J connectivity index is 1.10. The van der Waals surface area contributed by atoms with Crippen LogP contribution in [0, 0.1) is 0 Å². The zero-order valence-electron chi connectivity index (χ0n) is 18.8. The maximum absolute atomic E-state index is 12.7. The fourth-order valence-electron chi connectivity index (χ4n) is 3.94. The molecule has 2 heterocycles. The van der Waals surface area contributed by atoms with E-state index in [2.05, 4.69) is 15.2 Å². The van der Waals surface area contributed by atoms with E-state index < -0.39 is 0 Å². The van der Waals surface area contributed by atoms with Gasteiger partial charge in [-0.05, 0) is 60.7 Å². The van der Waals surface area contributed by atoms with Gasteiger partial charge in [-0.1, -0.05) is 35.5 Å². The van der Waals surface area contributed by atoms with E-state index in [1.807, 2.05) is 53.4 Å². The maximum Gasteiger partial charge on any atom is 0.253 e. The van der Waals surface area contributed by atoms with Crippen molar-refractivity contribution < 1.29 is 9.59 Å². The summed E-state index contributed by atoms with van der Waals surface area (Å²) in [5.41, 5.74) is 3.46. The summed E-state index contributed by atoms with van der Waals surface area (Å²) in [7, 11) is 0. The second-order valence-corrected chi connectivity index (χ2v) is 10.8. The van der Waals surface area contributed by atoms with Crippen molar-refractivity contribution in [1.82, 2.24) is 9.88 Å². The maximum atomic E-state index is 12.7. The molecule has 1 saturated heterocycles. The minimum Gasteiger partial charge on any atom is -0.368 e. The number of anilines is 2. The van der Waals surface area contributed by atoms with Crippen molar-refractivity contribution in [3.63, 3.8) is 0 Å².